The molecule has 1 aromatic carbocycles. The smallest absolute Gasteiger partial charge is 0.139 e. The summed E-state index contributed by atoms with van der Waals surface area (Å²) in [4.78, 5) is 4.65. The number of nitrogens with zero attached hydrogens (tertiary/aromatic N) is 4. The Morgan fingerprint density at radius 3 is 2.14 bits per heavy atom. The van der Waals surface area contributed by atoms with Crippen LogP contribution >= 0.6 is 0 Å². The SMILES string of the molecule is COc1c(C)cc(-c2ccc(-n3cnnc3)nc2C)cc1C. The molecule has 0 fully saturated rings. The molecule has 0 aliphatic carbocycles. The number of hydrogen-bond donors (Lipinski definition) is 0. The number of benzene rings is 1. The fourth-order valence-electron chi connectivity index (χ4n) is 2.74. The summed E-state index contributed by atoms with van der Waals surface area (Å²) >= 11 is 0. The lowest BCUT2D eigenvalue weighted by molar-refractivity contribution is 0.408. The molecular weight excluding hydrogens is 276 g/mol. The van der Waals surface area contributed by atoms with Gasteiger partial charge in [-0.1, -0.05) is 0 Å². The van der Waals surface area contributed by atoms with Crippen LogP contribution in [0.1, 0.15) is 16.8 Å². The van der Waals surface area contributed by atoms with Crippen LogP contribution < -0.4 is 4.74 Å². The van der Waals surface area contributed by atoms with Gasteiger partial charge in [0, 0.05) is 11.3 Å². The van der Waals surface area contributed by atoms with Crippen molar-refractivity contribution in [2.75, 3.05) is 7.11 Å². The van der Waals surface area contributed by atoms with E-state index in [1.165, 1.54) is 0 Å². The lowest BCUT2D eigenvalue weighted by Crippen LogP contribution is -1.98. The summed E-state index contributed by atoms with van der Waals surface area (Å²) < 4.78 is 7.23. The highest BCUT2D eigenvalue weighted by atomic mass is 16.5. The van der Waals surface area contributed by atoms with Crippen molar-refractivity contribution in [3.8, 4) is 22.7 Å². The second kappa shape index (κ2) is 5.60. The summed E-state index contributed by atoms with van der Waals surface area (Å²) in [5.74, 6) is 1.75. The molecular formula is C17H18N4O. The molecule has 3 rings (SSSR count). The summed E-state index contributed by atoms with van der Waals surface area (Å²) in [5.41, 5.74) is 5.48. The van der Waals surface area contributed by atoms with E-state index < -0.39 is 0 Å². The van der Waals surface area contributed by atoms with Crippen LogP contribution in [0.25, 0.3) is 16.9 Å². The molecule has 0 saturated carbocycles. The Kier molecular flexibility index (Phi) is 3.63. The number of hydrogen-bond acceptors (Lipinski definition) is 4. The summed E-state index contributed by atoms with van der Waals surface area (Å²) in [5, 5.41) is 7.62. The van der Waals surface area contributed by atoms with Gasteiger partial charge >= 0.3 is 0 Å². The molecule has 2 heterocycles. The van der Waals surface area contributed by atoms with Crippen molar-refractivity contribution in [3.63, 3.8) is 0 Å². The van der Waals surface area contributed by atoms with Gasteiger partial charge in [-0.15, -0.1) is 10.2 Å². The van der Waals surface area contributed by atoms with Gasteiger partial charge in [-0.25, -0.2) is 4.98 Å². The number of aryl methyl sites for hydroxylation is 3. The zero-order valence-electron chi connectivity index (χ0n) is 13.2. The van der Waals surface area contributed by atoms with Crippen molar-refractivity contribution >= 4 is 0 Å². The second-order valence-corrected chi connectivity index (χ2v) is 5.31. The topological polar surface area (TPSA) is 52.8 Å². The molecule has 0 aliphatic rings. The molecule has 0 saturated heterocycles. The number of methoxy groups -OCH3 is 1. The van der Waals surface area contributed by atoms with Crippen LogP contribution in [0.3, 0.4) is 0 Å². The first kappa shape index (κ1) is 14.3. The van der Waals surface area contributed by atoms with E-state index in [9.17, 15) is 0 Å². The third-order valence-electron chi connectivity index (χ3n) is 3.73. The Hall–Kier alpha value is -2.69. The van der Waals surface area contributed by atoms with Crippen molar-refractivity contribution in [1.82, 2.24) is 19.7 Å². The van der Waals surface area contributed by atoms with E-state index in [1.54, 1.807) is 24.3 Å². The van der Waals surface area contributed by atoms with E-state index in [2.05, 4.69) is 47.2 Å². The predicted octanol–water partition coefficient (Wildman–Crippen LogP) is 3.26. The molecule has 0 spiro atoms. The molecule has 0 aliphatic heterocycles. The first-order valence-electron chi connectivity index (χ1n) is 7.08. The van der Waals surface area contributed by atoms with Gasteiger partial charge < -0.3 is 4.74 Å². The normalized spacial score (nSPS) is 10.7. The molecule has 5 heteroatoms. The quantitative estimate of drug-likeness (QED) is 0.744. The van der Waals surface area contributed by atoms with Crippen LogP contribution in [0.15, 0.2) is 36.9 Å². The van der Waals surface area contributed by atoms with Crippen molar-refractivity contribution in [3.05, 3.63) is 53.7 Å². The Morgan fingerprint density at radius 2 is 1.59 bits per heavy atom. The number of rotatable bonds is 3. The lowest BCUT2D eigenvalue weighted by atomic mass is 9.99. The monoisotopic (exact) mass is 294 g/mol. The molecule has 0 bridgehead atoms. The molecule has 3 aromatic rings. The largest absolute Gasteiger partial charge is 0.496 e. The fourth-order valence-corrected chi connectivity index (χ4v) is 2.74. The Balaban J connectivity index is 2.06. The summed E-state index contributed by atoms with van der Waals surface area (Å²) in [7, 11) is 1.70. The van der Waals surface area contributed by atoms with Crippen LogP contribution in [0.2, 0.25) is 0 Å². The van der Waals surface area contributed by atoms with Gasteiger partial charge in [-0.05, 0) is 61.7 Å². The first-order chi connectivity index (χ1) is 10.6. The highest BCUT2D eigenvalue weighted by molar-refractivity contribution is 5.69. The fraction of sp³-hybridized carbons (Fsp3) is 0.235. The molecule has 5 nitrogen and oxygen atoms in total. The van der Waals surface area contributed by atoms with Gasteiger partial charge in [0.15, 0.2) is 0 Å². The van der Waals surface area contributed by atoms with E-state index in [0.717, 1.165) is 39.5 Å². The zero-order chi connectivity index (χ0) is 15.7. The van der Waals surface area contributed by atoms with Crippen molar-refractivity contribution in [2.45, 2.75) is 20.8 Å². The molecule has 2 aromatic heterocycles. The maximum absolute atomic E-state index is 5.43. The van der Waals surface area contributed by atoms with Crippen LogP contribution in [0.4, 0.5) is 0 Å². The molecule has 0 radical (unpaired) electrons. The van der Waals surface area contributed by atoms with Crippen molar-refractivity contribution in [2.24, 2.45) is 0 Å². The first-order valence-corrected chi connectivity index (χ1v) is 7.08. The summed E-state index contributed by atoms with van der Waals surface area (Å²) in [6.07, 6.45) is 3.28. The minimum absolute atomic E-state index is 0.813. The highest BCUT2D eigenvalue weighted by Gasteiger charge is 2.10. The Labute approximate surface area is 129 Å². The van der Waals surface area contributed by atoms with Crippen LogP contribution in [-0.2, 0) is 0 Å². The molecule has 0 amide bonds. The van der Waals surface area contributed by atoms with Crippen LogP contribution in [0.5, 0.6) is 5.75 Å². The highest BCUT2D eigenvalue weighted by Crippen LogP contribution is 2.31. The minimum Gasteiger partial charge on any atom is -0.496 e. The van der Waals surface area contributed by atoms with Gasteiger partial charge in [0.25, 0.3) is 0 Å². The third kappa shape index (κ3) is 2.45. The average molecular weight is 294 g/mol. The Morgan fingerprint density at radius 1 is 0.955 bits per heavy atom. The lowest BCUT2D eigenvalue weighted by Gasteiger charge is -2.13. The zero-order valence-corrected chi connectivity index (χ0v) is 13.2. The molecule has 0 atom stereocenters. The average Bonchev–Trinajstić information content (AvgIpc) is 3.01. The molecule has 112 valence electrons. The summed E-state index contributed by atoms with van der Waals surface area (Å²) in [6, 6.07) is 8.32. The Bertz CT molecular complexity index is 787. The van der Waals surface area contributed by atoms with Gasteiger partial charge in [-0.2, -0.15) is 0 Å². The van der Waals surface area contributed by atoms with Crippen LogP contribution in [0, 0.1) is 20.8 Å². The van der Waals surface area contributed by atoms with Crippen molar-refractivity contribution in [1.29, 1.82) is 0 Å². The van der Waals surface area contributed by atoms with Gasteiger partial charge in [0.2, 0.25) is 0 Å². The van der Waals surface area contributed by atoms with Gasteiger partial charge in [0.1, 0.15) is 24.2 Å². The van der Waals surface area contributed by atoms with E-state index in [-0.39, 0.29) is 0 Å². The number of pyridine rings is 1. The van der Waals surface area contributed by atoms with Gasteiger partial charge in [-0.3, -0.25) is 4.57 Å². The van der Waals surface area contributed by atoms with Gasteiger partial charge in [0.05, 0.1) is 7.11 Å². The predicted molar refractivity (Wildman–Crippen MR) is 85.4 cm³/mol. The molecule has 22 heavy (non-hydrogen) atoms. The maximum Gasteiger partial charge on any atom is 0.139 e. The molecule has 0 N–H and O–H groups in total. The minimum atomic E-state index is 0.813. The third-order valence-corrected chi connectivity index (χ3v) is 3.73. The van der Waals surface area contributed by atoms with Crippen molar-refractivity contribution < 1.29 is 4.74 Å². The summed E-state index contributed by atoms with van der Waals surface area (Å²) in [6.45, 7) is 6.13. The number of ether oxygens (including phenoxy) is 1. The van der Waals surface area contributed by atoms with E-state index in [1.807, 2.05) is 13.0 Å². The maximum atomic E-state index is 5.43. The number of aromatic nitrogens is 4. The standard InChI is InChI=1S/C17H18N4O/c1-11-7-14(8-12(2)17(11)22-4)15-5-6-16(20-13(15)3)21-9-18-19-10-21/h5-10H,1-4H3. The van der Waals surface area contributed by atoms with Crippen LogP contribution in [-0.4, -0.2) is 26.9 Å². The molecule has 0 unspecified atom stereocenters. The van der Waals surface area contributed by atoms with E-state index in [4.69, 9.17) is 4.74 Å². The van der Waals surface area contributed by atoms with E-state index in [0.29, 0.717) is 0 Å². The van der Waals surface area contributed by atoms with E-state index >= 15 is 0 Å². The second-order valence-electron chi connectivity index (χ2n) is 5.31.